The Hall–Kier alpha value is -3.16. The highest BCUT2D eigenvalue weighted by Gasteiger charge is 2.39. The van der Waals surface area contributed by atoms with E-state index >= 15 is 0 Å². The number of benzene rings is 1. The number of ether oxygens (including phenoxy) is 1. The van der Waals surface area contributed by atoms with E-state index in [0.29, 0.717) is 37.2 Å². The van der Waals surface area contributed by atoms with E-state index in [1.54, 1.807) is 41.2 Å². The Balaban J connectivity index is 1.59. The molecule has 2 aromatic rings. The molecule has 4 rings (SSSR count). The van der Waals surface area contributed by atoms with Gasteiger partial charge in [-0.15, -0.1) is 0 Å². The summed E-state index contributed by atoms with van der Waals surface area (Å²) in [6.45, 7) is 8.56. The van der Waals surface area contributed by atoms with Gasteiger partial charge in [-0.1, -0.05) is 12.1 Å². The fourth-order valence-corrected chi connectivity index (χ4v) is 4.37. The number of para-hydroxylation sites is 1. The minimum atomic E-state index is -0.555. The molecule has 2 aliphatic heterocycles. The molecule has 0 spiro atoms. The number of likely N-dealkylation sites (tertiary alicyclic amines) is 1. The molecule has 0 bridgehead atoms. The fraction of sp³-hybridized carbons (Fsp3) is 0.458. The summed E-state index contributed by atoms with van der Waals surface area (Å²) in [4.78, 5) is 35.2. The minimum absolute atomic E-state index is 0.114. The molecule has 7 nitrogen and oxygen atoms in total. The highest BCUT2D eigenvalue weighted by Crippen LogP contribution is 2.37. The summed E-state index contributed by atoms with van der Waals surface area (Å²) in [6.07, 6.45) is 4.27. The summed E-state index contributed by atoms with van der Waals surface area (Å²) in [6, 6.07) is 6.28. The zero-order valence-electron chi connectivity index (χ0n) is 19.0. The van der Waals surface area contributed by atoms with E-state index in [-0.39, 0.29) is 24.7 Å². The molecule has 3 heterocycles. The van der Waals surface area contributed by atoms with Crippen molar-refractivity contribution < 1.29 is 18.7 Å². The molecule has 1 saturated heterocycles. The number of aromatic nitrogens is 1. The first-order valence-electron chi connectivity index (χ1n) is 10.9. The zero-order chi connectivity index (χ0) is 23.0. The lowest BCUT2D eigenvalue weighted by Gasteiger charge is -2.44. The normalized spacial score (nSPS) is 17.4. The van der Waals surface area contributed by atoms with Gasteiger partial charge in [0.1, 0.15) is 11.4 Å². The smallest absolute Gasteiger partial charge is 0.410 e. The predicted octanol–water partition coefficient (Wildman–Crippen LogP) is 4.88. The van der Waals surface area contributed by atoms with Crippen molar-refractivity contribution in [3.05, 3.63) is 53.6 Å². The number of urea groups is 1. The molecular formula is C24H29FN4O3. The van der Waals surface area contributed by atoms with Gasteiger partial charge < -0.3 is 9.64 Å². The molecule has 1 aromatic heterocycles. The maximum absolute atomic E-state index is 14.7. The summed E-state index contributed by atoms with van der Waals surface area (Å²) in [7, 11) is 0. The average molecular weight is 441 g/mol. The Kier molecular flexibility index (Phi) is 5.79. The summed E-state index contributed by atoms with van der Waals surface area (Å²) in [5.74, 6) is -0.426. The van der Waals surface area contributed by atoms with Crippen LogP contribution in [0, 0.1) is 12.7 Å². The van der Waals surface area contributed by atoms with Gasteiger partial charge in [-0.2, -0.15) is 0 Å². The van der Waals surface area contributed by atoms with Crippen molar-refractivity contribution in [2.75, 3.05) is 22.9 Å². The van der Waals surface area contributed by atoms with Crippen molar-refractivity contribution in [3.63, 3.8) is 0 Å². The van der Waals surface area contributed by atoms with Crippen LogP contribution < -0.4 is 9.80 Å². The summed E-state index contributed by atoms with van der Waals surface area (Å²) in [5.41, 5.74) is 2.10. The number of hydrogen-bond acceptors (Lipinski definition) is 4. The third-order valence-corrected chi connectivity index (χ3v) is 5.84. The van der Waals surface area contributed by atoms with Crippen LogP contribution >= 0.6 is 0 Å². The molecule has 1 fully saturated rings. The van der Waals surface area contributed by atoms with E-state index in [2.05, 4.69) is 4.98 Å². The molecule has 0 saturated carbocycles. The van der Waals surface area contributed by atoms with E-state index < -0.39 is 11.4 Å². The molecule has 0 N–H and O–H groups in total. The SMILES string of the molecule is Cc1cccc(F)c1N1Cc2cnccc2N(C2CCN(C(=O)OC(C)(C)C)CC2)C1=O. The van der Waals surface area contributed by atoms with Crippen molar-refractivity contribution in [3.8, 4) is 0 Å². The monoisotopic (exact) mass is 440 g/mol. The Labute approximate surface area is 187 Å². The standard InChI is InChI=1S/C24H29FN4O3/c1-16-6-5-7-19(25)21(16)28-15-17-14-26-11-8-20(17)29(22(28)30)18-9-12-27(13-10-18)23(31)32-24(2,3)4/h5-8,11,14,18H,9-10,12-13,15H2,1-4H3. The molecule has 3 amide bonds. The van der Waals surface area contributed by atoms with Gasteiger partial charge in [-0.25, -0.2) is 14.0 Å². The Morgan fingerprint density at radius 3 is 2.56 bits per heavy atom. The van der Waals surface area contributed by atoms with Crippen molar-refractivity contribution in [2.24, 2.45) is 0 Å². The van der Waals surface area contributed by atoms with Crippen molar-refractivity contribution in [1.29, 1.82) is 0 Å². The zero-order valence-corrected chi connectivity index (χ0v) is 19.0. The van der Waals surface area contributed by atoms with Crippen LogP contribution in [-0.2, 0) is 11.3 Å². The average Bonchev–Trinajstić information content (AvgIpc) is 2.73. The van der Waals surface area contributed by atoms with Gasteiger partial charge in [-0.3, -0.25) is 14.8 Å². The molecule has 0 radical (unpaired) electrons. The van der Waals surface area contributed by atoms with Crippen molar-refractivity contribution in [1.82, 2.24) is 9.88 Å². The van der Waals surface area contributed by atoms with Crippen LogP contribution in [0.2, 0.25) is 0 Å². The minimum Gasteiger partial charge on any atom is -0.444 e. The number of rotatable bonds is 2. The number of fused-ring (bicyclic) bond motifs is 1. The number of nitrogens with zero attached hydrogens (tertiary/aromatic N) is 4. The van der Waals surface area contributed by atoms with Crippen LogP contribution in [0.1, 0.15) is 44.7 Å². The number of pyridine rings is 1. The van der Waals surface area contributed by atoms with Crippen molar-refractivity contribution >= 4 is 23.5 Å². The number of hydrogen-bond donors (Lipinski definition) is 0. The Morgan fingerprint density at radius 1 is 1.19 bits per heavy atom. The number of amides is 3. The lowest BCUT2D eigenvalue weighted by atomic mass is 10.00. The Morgan fingerprint density at radius 2 is 1.91 bits per heavy atom. The van der Waals surface area contributed by atoms with Gasteiger partial charge in [0.2, 0.25) is 0 Å². The quantitative estimate of drug-likeness (QED) is 0.668. The summed E-state index contributed by atoms with van der Waals surface area (Å²) in [5, 5.41) is 0. The maximum Gasteiger partial charge on any atom is 0.410 e. The number of aryl methyl sites for hydroxylation is 1. The van der Waals surface area contributed by atoms with Gasteiger partial charge in [0.05, 0.1) is 17.9 Å². The molecule has 0 aliphatic carbocycles. The molecule has 0 atom stereocenters. The number of carbonyl (C=O) groups is 2. The van der Waals surface area contributed by atoms with Gasteiger partial charge in [0.15, 0.2) is 0 Å². The number of carbonyl (C=O) groups excluding carboxylic acids is 2. The molecule has 32 heavy (non-hydrogen) atoms. The van der Waals surface area contributed by atoms with E-state index in [9.17, 15) is 14.0 Å². The van der Waals surface area contributed by atoms with Crippen LogP contribution in [0.4, 0.5) is 25.4 Å². The van der Waals surface area contributed by atoms with Gasteiger partial charge in [-0.05, 0) is 58.2 Å². The van der Waals surface area contributed by atoms with E-state index in [0.717, 1.165) is 11.3 Å². The lowest BCUT2D eigenvalue weighted by Crippen LogP contribution is -2.55. The molecular weight excluding hydrogens is 411 g/mol. The van der Waals surface area contributed by atoms with E-state index in [4.69, 9.17) is 4.74 Å². The van der Waals surface area contributed by atoms with Crippen molar-refractivity contribution in [2.45, 2.75) is 58.7 Å². The third kappa shape index (κ3) is 4.26. The first-order valence-corrected chi connectivity index (χ1v) is 10.9. The largest absolute Gasteiger partial charge is 0.444 e. The fourth-order valence-electron chi connectivity index (χ4n) is 4.37. The topological polar surface area (TPSA) is 66.0 Å². The van der Waals surface area contributed by atoms with Crippen LogP contribution in [0.15, 0.2) is 36.7 Å². The van der Waals surface area contributed by atoms with Gasteiger partial charge >= 0.3 is 12.1 Å². The van der Waals surface area contributed by atoms with Crippen LogP contribution in [0.3, 0.4) is 0 Å². The van der Waals surface area contributed by atoms with E-state index in [1.165, 1.54) is 11.0 Å². The van der Waals surface area contributed by atoms with Crippen LogP contribution in [-0.4, -0.2) is 46.7 Å². The predicted molar refractivity (Wildman–Crippen MR) is 120 cm³/mol. The highest BCUT2D eigenvalue weighted by molar-refractivity contribution is 6.07. The maximum atomic E-state index is 14.7. The van der Waals surface area contributed by atoms with Gasteiger partial charge in [0.25, 0.3) is 0 Å². The lowest BCUT2D eigenvalue weighted by molar-refractivity contribution is 0.0206. The second-order valence-electron chi connectivity index (χ2n) is 9.35. The van der Waals surface area contributed by atoms with Gasteiger partial charge in [0, 0.05) is 37.1 Å². The Bertz CT molecular complexity index is 1010. The molecule has 0 unspecified atom stereocenters. The summed E-state index contributed by atoms with van der Waals surface area (Å²) < 4.78 is 20.2. The third-order valence-electron chi connectivity index (χ3n) is 5.84. The highest BCUT2D eigenvalue weighted by atomic mass is 19.1. The first kappa shape index (κ1) is 22.0. The van der Waals surface area contributed by atoms with E-state index in [1.807, 2.05) is 26.8 Å². The van der Waals surface area contributed by atoms with Crippen LogP contribution in [0.5, 0.6) is 0 Å². The molecule has 1 aromatic carbocycles. The molecule has 170 valence electrons. The molecule has 2 aliphatic rings. The van der Waals surface area contributed by atoms with Crippen LogP contribution in [0.25, 0.3) is 0 Å². The summed E-state index contributed by atoms with van der Waals surface area (Å²) >= 11 is 0. The number of halogens is 1. The second kappa shape index (κ2) is 8.41. The number of anilines is 2. The second-order valence-corrected chi connectivity index (χ2v) is 9.35. The first-order chi connectivity index (χ1) is 15.2. The molecule has 8 heteroatoms. The number of piperidine rings is 1.